The third kappa shape index (κ3) is 6.43. The summed E-state index contributed by atoms with van der Waals surface area (Å²) in [6, 6.07) is 4.53. The van der Waals surface area contributed by atoms with Crippen molar-refractivity contribution in [3.8, 4) is 11.3 Å². The molecule has 5 atom stereocenters. The van der Waals surface area contributed by atoms with E-state index < -0.39 is 47.3 Å². The summed E-state index contributed by atoms with van der Waals surface area (Å²) < 4.78 is 45.9. The molecule has 0 bridgehead atoms. The van der Waals surface area contributed by atoms with Gasteiger partial charge in [-0.1, -0.05) is 35.5 Å². The quantitative estimate of drug-likeness (QED) is 0.393. The molecule has 1 fully saturated rings. The minimum absolute atomic E-state index is 0.175. The topological polar surface area (TPSA) is 105 Å². The van der Waals surface area contributed by atoms with E-state index in [1.54, 1.807) is 18.5 Å². The van der Waals surface area contributed by atoms with Crippen LogP contribution in [0.2, 0.25) is 5.02 Å². The molecule has 0 radical (unpaired) electrons. The fourth-order valence-electron chi connectivity index (χ4n) is 4.05. The Morgan fingerprint density at radius 3 is 2.62 bits per heavy atom. The van der Waals surface area contributed by atoms with Crippen LogP contribution in [-0.4, -0.2) is 56.2 Å². The monoisotopic (exact) mass is 552 g/mol. The number of benzene rings is 1. The number of halogens is 3. The largest absolute Gasteiger partial charge is 0.463 e. The first-order valence-corrected chi connectivity index (χ1v) is 12.5. The summed E-state index contributed by atoms with van der Waals surface area (Å²) in [4.78, 5) is 28.4. The first kappa shape index (κ1) is 27.0. The van der Waals surface area contributed by atoms with Crippen molar-refractivity contribution in [1.82, 2.24) is 20.0 Å². The molecule has 0 spiro atoms. The van der Waals surface area contributed by atoms with Gasteiger partial charge in [0.2, 0.25) is 0 Å². The van der Waals surface area contributed by atoms with Crippen LogP contribution in [0.15, 0.2) is 47.8 Å². The van der Waals surface area contributed by atoms with E-state index in [1.807, 2.05) is 6.92 Å². The molecule has 0 N–H and O–H groups in total. The predicted molar refractivity (Wildman–Crippen MR) is 130 cm³/mol. The summed E-state index contributed by atoms with van der Waals surface area (Å²) in [5.41, 5.74) is 0.0915. The van der Waals surface area contributed by atoms with Crippen molar-refractivity contribution in [2.45, 2.75) is 49.4 Å². The molecular formula is C24H23ClF2N4O5S. The Morgan fingerprint density at radius 1 is 1.16 bits per heavy atom. The van der Waals surface area contributed by atoms with Gasteiger partial charge in [0.1, 0.15) is 23.8 Å². The SMILES string of the molecule is CC(=O)OCC1O[C@H](Sc2cncc(Cl)c2)C(C)[C@@H](n2cc(-c3ccc(F)c(F)c3)nn2)[C@H]1OC(C)=O. The van der Waals surface area contributed by atoms with Crippen molar-refractivity contribution in [3.05, 3.63) is 59.5 Å². The van der Waals surface area contributed by atoms with Gasteiger partial charge in [0.15, 0.2) is 17.7 Å². The van der Waals surface area contributed by atoms with Crippen LogP contribution in [0, 0.1) is 17.6 Å². The van der Waals surface area contributed by atoms with Crippen LogP contribution in [0.1, 0.15) is 26.8 Å². The van der Waals surface area contributed by atoms with E-state index in [1.165, 1.54) is 42.6 Å². The van der Waals surface area contributed by atoms with E-state index in [-0.39, 0.29) is 12.5 Å². The Morgan fingerprint density at radius 2 is 1.95 bits per heavy atom. The van der Waals surface area contributed by atoms with E-state index >= 15 is 0 Å². The van der Waals surface area contributed by atoms with Crippen molar-refractivity contribution < 1.29 is 32.6 Å². The molecule has 2 unspecified atom stereocenters. The van der Waals surface area contributed by atoms with Crippen LogP contribution >= 0.6 is 23.4 Å². The van der Waals surface area contributed by atoms with Crippen LogP contribution in [0.25, 0.3) is 11.3 Å². The number of pyridine rings is 1. The summed E-state index contributed by atoms with van der Waals surface area (Å²) in [7, 11) is 0. The third-order valence-electron chi connectivity index (χ3n) is 5.70. The molecule has 0 aliphatic carbocycles. The Balaban J connectivity index is 1.71. The fraction of sp³-hybridized carbons (Fsp3) is 0.375. The number of aromatic nitrogens is 4. The van der Waals surface area contributed by atoms with Gasteiger partial charge in [-0.25, -0.2) is 13.5 Å². The van der Waals surface area contributed by atoms with Gasteiger partial charge in [-0.2, -0.15) is 0 Å². The molecular weight excluding hydrogens is 530 g/mol. The molecule has 13 heteroatoms. The van der Waals surface area contributed by atoms with Gasteiger partial charge in [0, 0.05) is 42.6 Å². The van der Waals surface area contributed by atoms with E-state index in [4.69, 9.17) is 25.8 Å². The molecule has 3 aromatic rings. The zero-order valence-electron chi connectivity index (χ0n) is 20.0. The number of rotatable bonds is 7. The average Bonchev–Trinajstić information content (AvgIpc) is 3.31. The number of ether oxygens (including phenoxy) is 3. The normalized spacial score (nSPS) is 23.5. The maximum absolute atomic E-state index is 13.8. The van der Waals surface area contributed by atoms with Crippen LogP contribution in [-0.2, 0) is 23.8 Å². The smallest absolute Gasteiger partial charge is 0.303 e. The highest BCUT2D eigenvalue weighted by Crippen LogP contribution is 2.43. The molecule has 9 nitrogen and oxygen atoms in total. The Hall–Kier alpha value is -3.09. The first-order chi connectivity index (χ1) is 17.6. The highest BCUT2D eigenvalue weighted by atomic mass is 35.5. The molecule has 1 saturated heterocycles. The maximum atomic E-state index is 13.8. The fourth-order valence-corrected chi connectivity index (χ4v) is 5.45. The summed E-state index contributed by atoms with van der Waals surface area (Å²) in [5.74, 6) is -3.42. The standard InChI is InChI=1S/C24H23ClF2N4O5S/c1-12-22(31-10-20(29-30-31)15-4-5-18(26)19(27)6-15)23(35-14(3)33)21(11-34-13(2)32)36-24(12)37-17-7-16(25)8-28-9-17/h4-10,12,21-24H,11H2,1-3H3/t12?,21?,22-,23+,24-/m1/s1. The highest BCUT2D eigenvalue weighted by Gasteiger charge is 2.48. The second-order valence-electron chi connectivity index (χ2n) is 8.44. The Labute approximate surface area is 220 Å². The number of carbonyl (C=O) groups is 2. The molecule has 0 saturated carbocycles. The zero-order valence-corrected chi connectivity index (χ0v) is 21.6. The average molecular weight is 553 g/mol. The van der Waals surface area contributed by atoms with Crippen LogP contribution < -0.4 is 0 Å². The number of thioether (sulfide) groups is 1. The lowest BCUT2D eigenvalue weighted by atomic mass is 9.90. The minimum Gasteiger partial charge on any atom is -0.463 e. The summed E-state index contributed by atoms with van der Waals surface area (Å²) in [5, 5.41) is 8.79. The van der Waals surface area contributed by atoms with Crippen molar-refractivity contribution in [3.63, 3.8) is 0 Å². The lowest BCUT2D eigenvalue weighted by Crippen LogP contribution is -2.53. The molecule has 0 amide bonds. The number of nitrogens with zero attached hydrogens (tertiary/aromatic N) is 4. The van der Waals surface area contributed by atoms with Crippen molar-refractivity contribution in [2.24, 2.45) is 5.92 Å². The molecule has 2 aromatic heterocycles. The van der Waals surface area contributed by atoms with Gasteiger partial charge < -0.3 is 14.2 Å². The second-order valence-corrected chi connectivity index (χ2v) is 10.0. The summed E-state index contributed by atoms with van der Waals surface area (Å²) in [6.45, 7) is 4.24. The molecule has 4 rings (SSSR count). The Bertz CT molecular complexity index is 1300. The number of hydrogen-bond acceptors (Lipinski definition) is 9. The second kappa shape index (κ2) is 11.5. The van der Waals surface area contributed by atoms with Gasteiger partial charge in [-0.3, -0.25) is 14.6 Å². The summed E-state index contributed by atoms with van der Waals surface area (Å²) in [6.07, 6.45) is 2.96. The van der Waals surface area contributed by atoms with Crippen LogP contribution in [0.5, 0.6) is 0 Å². The van der Waals surface area contributed by atoms with E-state index in [9.17, 15) is 18.4 Å². The number of esters is 2. The zero-order chi connectivity index (χ0) is 26.7. The molecule has 1 aliphatic rings. The van der Waals surface area contributed by atoms with E-state index in [0.717, 1.165) is 17.0 Å². The maximum Gasteiger partial charge on any atom is 0.303 e. The summed E-state index contributed by atoms with van der Waals surface area (Å²) >= 11 is 7.44. The van der Waals surface area contributed by atoms with Gasteiger partial charge in [-0.15, -0.1) is 5.10 Å². The first-order valence-electron chi connectivity index (χ1n) is 11.2. The molecule has 1 aromatic carbocycles. The number of carbonyl (C=O) groups excluding carboxylic acids is 2. The van der Waals surface area contributed by atoms with Crippen molar-refractivity contribution >= 4 is 35.3 Å². The molecule has 3 heterocycles. The van der Waals surface area contributed by atoms with Gasteiger partial charge >= 0.3 is 11.9 Å². The molecule has 196 valence electrons. The lowest BCUT2D eigenvalue weighted by molar-refractivity contribution is -0.191. The van der Waals surface area contributed by atoms with Crippen molar-refractivity contribution in [1.29, 1.82) is 0 Å². The van der Waals surface area contributed by atoms with Crippen molar-refractivity contribution in [2.75, 3.05) is 6.61 Å². The third-order valence-corrected chi connectivity index (χ3v) is 7.17. The van der Waals surface area contributed by atoms with E-state index in [2.05, 4.69) is 15.3 Å². The molecule has 37 heavy (non-hydrogen) atoms. The Kier molecular flexibility index (Phi) is 8.40. The van der Waals surface area contributed by atoms with Gasteiger partial charge in [0.25, 0.3) is 0 Å². The predicted octanol–water partition coefficient (Wildman–Crippen LogP) is 4.46. The van der Waals surface area contributed by atoms with Gasteiger partial charge in [-0.05, 0) is 24.3 Å². The number of hydrogen-bond donors (Lipinski definition) is 0. The minimum atomic E-state index is -1.02. The van der Waals surface area contributed by atoms with Crippen LogP contribution in [0.3, 0.4) is 0 Å². The van der Waals surface area contributed by atoms with E-state index in [0.29, 0.717) is 16.3 Å². The molecule has 1 aliphatic heterocycles. The van der Waals surface area contributed by atoms with Gasteiger partial charge in [0.05, 0.1) is 17.3 Å². The highest BCUT2D eigenvalue weighted by molar-refractivity contribution is 7.99. The lowest BCUT2D eigenvalue weighted by Gasteiger charge is -2.44. The van der Waals surface area contributed by atoms with Crippen LogP contribution in [0.4, 0.5) is 8.78 Å².